The molecule has 3 fully saturated rings. The highest BCUT2D eigenvalue weighted by Gasteiger charge is 2.43. The zero-order chi connectivity index (χ0) is 16.7. The number of nitrogens with zero attached hydrogens (tertiary/aromatic N) is 4. The van der Waals surface area contributed by atoms with Crippen molar-refractivity contribution in [3.05, 3.63) is 18.0 Å². The fourth-order valence-electron chi connectivity index (χ4n) is 4.13. The predicted octanol–water partition coefficient (Wildman–Crippen LogP) is 1.58. The van der Waals surface area contributed by atoms with Crippen LogP contribution in [0.3, 0.4) is 0 Å². The van der Waals surface area contributed by atoms with E-state index >= 15 is 0 Å². The van der Waals surface area contributed by atoms with Crippen LogP contribution in [0.25, 0.3) is 0 Å². The molecule has 24 heavy (non-hydrogen) atoms. The van der Waals surface area contributed by atoms with Crippen molar-refractivity contribution in [2.24, 2.45) is 5.92 Å². The third kappa shape index (κ3) is 3.06. The molecular formula is C18H26N4O2. The van der Waals surface area contributed by atoms with Crippen LogP contribution in [0.5, 0.6) is 0 Å². The third-order valence-electron chi connectivity index (χ3n) is 5.57. The molecule has 2 aliphatic heterocycles. The van der Waals surface area contributed by atoms with Gasteiger partial charge in [0.2, 0.25) is 11.8 Å². The van der Waals surface area contributed by atoms with E-state index in [1.54, 1.807) is 0 Å². The zero-order valence-electron chi connectivity index (χ0n) is 14.4. The van der Waals surface area contributed by atoms with Gasteiger partial charge >= 0.3 is 0 Å². The lowest BCUT2D eigenvalue weighted by Gasteiger charge is -2.37. The molecule has 1 aliphatic carbocycles. The molecular weight excluding hydrogens is 304 g/mol. The first-order valence-electron chi connectivity index (χ1n) is 9.21. The second-order valence-corrected chi connectivity index (χ2v) is 7.60. The van der Waals surface area contributed by atoms with E-state index in [1.807, 2.05) is 33.8 Å². The molecule has 130 valence electrons. The van der Waals surface area contributed by atoms with E-state index in [2.05, 4.69) is 5.10 Å². The van der Waals surface area contributed by atoms with Crippen LogP contribution in [0.4, 0.5) is 0 Å². The van der Waals surface area contributed by atoms with E-state index in [-0.39, 0.29) is 23.8 Å². The van der Waals surface area contributed by atoms with E-state index in [4.69, 9.17) is 0 Å². The topological polar surface area (TPSA) is 58.4 Å². The van der Waals surface area contributed by atoms with Gasteiger partial charge in [0.25, 0.3) is 0 Å². The molecule has 1 aromatic heterocycles. The van der Waals surface area contributed by atoms with Gasteiger partial charge in [-0.1, -0.05) is 0 Å². The number of aryl methyl sites for hydroxylation is 1. The second-order valence-electron chi connectivity index (χ2n) is 7.60. The molecule has 4 rings (SSSR count). The van der Waals surface area contributed by atoms with E-state index in [9.17, 15) is 9.59 Å². The largest absolute Gasteiger partial charge is 0.339 e. The van der Waals surface area contributed by atoms with Gasteiger partial charge in [-0.2, -0.15) is 5.10 Å². The van der Waals surface area contributed by atoms with Gasteiger partial charge in [-0.15, -0.1) is 0 Å². The maximum Gasteiger partial charge on any atom is 0.228 e. The quantitative estimate of drug-likeness (QED) is 0.842. The molecule has 0 bridgehead atoms. The molecule has 3 aliphatic rings. The van der Waals surface area contributed by atoms with E-state index in [1.165, 1.54) is 0 Å². The molecule has 6 nitrogen and oxygen atoms in total. The average molecular weight is 330 g/mol. The molecule has 3 heterocycles. The van der Waals surface area contributed by atoms with Gasteiger partial charge in [-0.05, 0) is 44.6 Å². The fraction of sp³-hybridized carbons (Fsp3) is 0.722. The molecule has 1 saturated carbocycles. The van der Waals surface area contributed by atoms with Crippen molar-refractivity contribution in [3.63, 3.8) is 0 Å². The number of piperidine rings is 1. The number of amides is 2. The molecule has 0 unspecified atom stereocenters. The van der Waals surface area contributed by atoms with Crippen LogP contribution in [0.15, 0.2) is 12.4 Å². The monoisotopic (exact) mass is 330 g/mol. The van der Waals surface area contributed by atoms with Crippen molar-refractivity contribution in [1.29, 1.82) is 0 Å². The Bertz CT molecular complexity index is 637. The highest BCUT2D eigenvalue weighted by molar-refractivity contribution is 5.89. The zero-order valence-corrected chi connectivity index (χ0v) is 14.4. The Labute approximate surface area is 142 Å². The number of hydrogen-bond acceptors (Lipinski definition) is 3. The van der Waals surface area contributed by atoms with Gasteiger partial charge in [0.1, 0.15) is 0 Å². The summed E-state index contributed by atoms with van der Waals surface area (Å²) >= 11 is 0. The predicted molar refractivity (Wildman–Crippen MR) is 89.2 cm³/mol. The molecule has 2 saturated heterocycles. The number of carbonyl (C=O) groups excluding carboxylic acids is 2. The summed E-state index contributed by atoms with van der Waals surface area (Å²) in [5, 5.41) is 4.37. The molecule has 0 radical (unpaired) electrons. The van der Waals surface area contributed by atoms with Crippen LogP contribution in [0, 0.1) is 12.8 Å². The van der Waals surface area contributed by atoms with Crippen LogP contribution in [0.2, 0.25) is 0 Å². The second kappa shape index (κ2) is 6.22. The van der Waals surface area contributed by atoms with Gasteiger partial charge in [0.05, 0.1) is 24.7 Å². The summed E-state index contributed by atoms with van der Waals surface area (Å²) in [5.41, 5.74) is 1.14. The van der Waals surface area contributed by atoms with E-state index in [0.29, 0.717) is 19.0 Å². The first-order chi connectivity index (χ1) is 11.6. The Kier molecular flexibility index (Phi) is 4.06. The summed E-state index contributed by atoms with van der Waals surface area (Å²) in [6.45, 7) is 4.24. The minimum Gasteiger partial charge on any atom is -0.339 e. The molecule has 1 aromatic rings. The lowest BCUT2D eigenvalue weighted by molar-refractivity contribution is -0.139. The summed E-state index contributed by atoms with van der Waals surface area (Å²) in [4.78, 5) is 29.2. The Morgan fingerprint density at radius 2 is 2.12 bits per heavy atom. The maximum absolute atomic E-state index is 13.1. The minimum absolute atomic E-state index is 0.141. The van der Waals surface area contributed by atoms with E-state index < -0.39 is 0 Å². The Morgan fingerprint density at radius 1 is 1.29 bits per heavy atom. The highest BCUT2D eigenvalue weighted by atomic mass is 16.2. The van der Waals surface area contributed by atoms with Crippen molar-refractivity contribution >= 4 is 11.8 Å². The molecule has 2 atom stereocenters. The van der Waals surface area contributed by atoms with Gasteiger partial charge in [-0.25, -0.2) is 0 Å². The summed E-state index contributed by atoms with van der Waals surface area (Å²) in [7, 11) is 0. The van der Waals surface area contributed by atoms with Gasteiger partial charge < -0.3 is 9.80 Å². The van der Waals surface area contributed by atoms with Gasteiger partial charge in [-0.3, -0.25) is 14.3 Å². The van der Waals surface area contributed by atoms with Gasteiger partial charge in [0, 0.05) is 31.7 Å². The van der Waals surface area contributed by atoms with Crippen molar-refractivity contribution < 1.29 is 9.59 Å². The standard InChI is InChI=1S/C18H26N4O2/c1-13-9-19-20(10-13)12-16-4-2-3-7-21(16)18(24)14-8-17(23)22(11-14)15-5-6-15/h9-10,14-16H,2-8,11-12H2,1H3/t14-,16+/m1/s1. The number of likely N-dealkylation sites (tertiary alicyclic amines) is 2. The molecule has 2 amide bonds. The maximum atomic E-state index is 13.1. The van der Waals surface area contributed by atoms with Crippen LogP contribution >= 0.6 is 0 Å². The molecule has 0 aromatic carbocycles. The van der Waals surface area contributed by atoms with Crippen LogP contribution < -0.4 is 0 Å². The minimum atomic E-state index is -0.141. The normalized spacial score (nSPS) is 27.8. The summed E-state index contributed by atoms with van der Waals surface area (Å²) in [6, 6.07) is 0.620. The van der Waals surface area contributed by atoms with Crippen molar-refractivity contribution in [2.75, 3.05) is 13.1 Å². The van der Waals surface area contributed by atoms with Crippen molar-refractivity contribution in [3.8, 4) is 0 Å². The van der Waals surface area contributed by atoms with Crippen LogP contribution in [-0.2, 0) is 16.1 Å². The SMILES string of the molecule is Cc1cnn(C[C@@H]2CCCCN2C(=O)[C@@H]2CC(=O)N(C3CC3)C2)c1. The summed E-state index contributed by atoms with van der Waals surface area (Å²) in [5.74, 6) is 0.213. The highest BCUT2D eigenvalue weighted by Crippen LogP contribution is 2.34. The Balaban J connectivity index is 1.44. The number of hydrogen-bond donors (Lipinski definition) is 0. The van der Waals surface area contributed by atoms with Crippen molar-refractivity contribution in [1.82, 2.24) is 19.6 Å². The molecule has 0 spiro atoms. The molecule has 6 heteroatoms. The number of aromatic nitrogens is 2. The fourth-order valence-corrected chi connectivity index (χ4v) is 4.13. The first kappa shape index (κ1) is 15.7. The van der Waals surface area contributed by atoms with E-state index in [0.717, 1.165) is 50.8 Å². The number of rotatable bonds is 4. The Hall–Kier alpha value is -1.85. The average Bonchev–Trinajstić information content (AvgIpc) is 3.23. The Morgan fingerprint density at radius 3 is 2.83 bits per heavy atom. The smallest absolute Gasteiger partial charge is 0.228 e. The van der Waals surface area contributed by atoms with Crippen LogP contribution in [0.1, 0.15) is 44.1 Å². The number of carbonyl (C=O) groups is 2. The summed E-state index contributed by atoms with van der Waals surface area (Å²) < 4.78 is 1.95. The summed E-state index contributed by atoms with van der Waals surface area (Å²) in [6.07, 6.45) is 9.76. The third-order valence-corrected chi connectivity index (χ3v) is 5.57. The van der Waals surface area contributed by atoms with Gasteiger partial charge in [0.15, 0.2) is 0 Å². The molecule has 0 N–H and O–H groups in total. The van der Waals surface area contributed by atoms with Crippen molar-refractivity contribution in [2.45, 2.75) is 64.1 Å². The first-order valence-corrected chi connectivity index (χ1v) is 9.21. The van der Waals surface area contributed by atoms with Crippen LogP contribution in [-0.4, -0.2) is 56.6 Å². The lowest BCUT2D eigenvalue weighted by Crippen LogP contribution is -2.48. The lowest BCUT2D eigenvalue weighted by atomic mass is 9.98.